The van der Waals surface area contributed by atoms with E-state index in [1.807, 2.05) is 11.4 Å². The molecule has 0 fully saturated rings. The van der Waals surface area contributed by atoms with Crippen LogP contribution in [0.2, 0.25) is 5.15 Å². The van der Waals surface area contributed by atoms with E-state index in [4.69, 9.17) is 16.3 Å². The van der Waals surface area contributed by atoms with Crippen LogP contribution in [0.4, 0.5) is 0 Å². The van der Waals surface area contributed by atoms with E-state index in [1.165, 1.54) is 0 Å². The summed E-state index contributed by atoms with van der Waals surface area (Å²) < 4.78 is 5.67. The van der Waals surface area contributed by atoms with Gasteiger partial charge in [0.25, 0.3) is 0 Å². The van der Waals surface area contributed by atoms with Gasteiger partial charge in [-0.2, -0.15) is 0 Å². The summed E-state index contributed by atoms with van der Waals surface area (Å²) in [6.07, 6.45) is 2.28. The first kappa shape index (κ1) is 13.7. The second-order valence-electron chi connectivity index (χ2n) is 4.27. The number of thiophene rings is 1. The molecule has 0 atom stereocenters. The normalized spacial score (nSPS) is 11.6. The predicted octanol–water partition coefficient (Wildman–Crippen LogP) is 4.30. The highest BCUT2D eigenvalue weighted by molar-refractivity contribution is 7.16. The van der Waals surface area contributed by atoms with Crippen molar-refractivity contribution in [3.63, 3.8) is 0 Å². The maximum Gasteiger partial charge on any atom is 0.157 e. The number of nitrogens with zero attached hydrogens (tertiary/aromatic N) is 2. The topological polar surface area (TPSA) is 35.0 Å². The van der Waals surface area contributed by atoms with Gasteiger partial charge in [-0.05, 0) is 17.4 Å². The smallest absolute Gasteiger partial charge is 0.157 e. The highest BCUT2D eigenvalue weighted by Crippen LogP contribution is 2.24. The van der Waals surface area contributed by atoms with Crippen molar-refractivity contribution in [3.05, 3.63) is 22.4 Å². The summed E-state index contributed by atoms with van der Waals surface area (Å²) in [7, 11) is 0. The maximum atomic E-state index is 6.10. The minimum Gasteiger partial charge on any atom is -0.373 e. The summed E-state index contributed by atoms with van der Waals surface area (Å²) >= 11 is 7.67. The van der Waals surface area contributed by atoms with Crippen LogP contribution in [0.15, 0.2) is 11.4 Å². The van der Waals surface area contributed by atoms with Crippen LogP contribution in [0.3, 0.4) is 0 Å². The Bertz CT molecular complexity index is 511. The monoisotopic (exact) mass is 284 g/mol. The summed E-state index contributed by atoms with van der Waals surface area (Å²) in [5.74, 6) is 1.28. The maximum absolute atomic E-state index is 6.10. The lowest BCUT2D eigenvalue weighted by molar-refractivity contribution is 0.0802. The molecule has 0 unspecified atom stereocenters. The number of halogens is 1. The molecule has 0 radical (unpaired) electrons. The van der Waals surface area contributed by atoms with Gasteiger partial charge in [0.05, 0.1) is 0 Å². The first-order valence-corrected chi connectivity index (χ1v) is 7.47. The summed E-state index contributed by atoms with van der Waals surface area (Å²) in [5.41, 5.74) is 0. The van der Waals surface area contributed by atoms with Crippen molar-refractivity contribution in [1.82, 2.24) is 9.97 Å². The lowest BCUT2D eigenvalue weighted by Crippen LogP contribution is -2.09. The second kappa shape index (κ2) is 6.45. The van der Waals surface area contributed by atoms with Gasteiger partial charge in [-0.25, -0.2) is 9.97 Å². The third kappa shape index (κ3) is 3.19. The molecule has 2 rings (SSSR count). The van der Waals surface area contributed by atoms with Gasteiger partial charge in [0.1, 0.15) is 16.6 Å². The lowest BCUT2D eigenvalue weighted by atomic mass is 10.1. The minimum absolute atomic E-state index is 0.435. The van der Waals surface area contributed by atoms with Crippen molar-refractivity contribution < 1.29 is 4.74 Å². The Hall–Kier alpha value is -0.710. The van der Waals surface area contributed by atoms with Crippen molar-refractivity contribution in [2.45, 2.75) is 33.3 Å². The number of fused-ring (bicyclic) bond motifs is 1. The van der Waals surface area contributed by atoms with E-state index in [1.54, 1.807) is 11.3 Å². The molecule has 18 heavy (non-hydrogen) atoms. The van der Waals surface area contributed by atoms with E-state index in [0.29, 0.717) is 23.5 Å². The minimum atomic E-state index is 0.435. The highest BCUT2D eigenvalue weighted by atomic mass is 35.5. The van der Waals surface area contributed by atoms with Crippen molar-refractivity contribution in [1.29, 1.82) is 0 Å². The van der Waals surface area contributed by atoms with Crippen molar-refractivity contribution in [2.24, 2.45) is 5.92 Å². The molecule has 2 heterocycles. The second-order valence-corrected chi connectivity index (χ2v) is 5.52. The molecular formula is C13H17ClN2OS. The average Bonchev–Trinajstić information content (AvgIpc) is 2.83. The van der Waals surface area contributed by atoms with Crippen LogP contribution >= 0.6 is 22.9 Å². The lowest BCUT2D eigenvalue weighted by Gasteiger charge is -2.12. The fourth-order valence-electron chi connectivity index (χ4n) is 1.77. The zero-order chi connectivity index (χ0) is 13.0. The van der Waals surface area contributed by atoms with Crippen LogP contribution in [0.5, 0.6) is 0 Å². The Morgan fingerprint density at radius 2 is 2.11 bits per heavy atom. The first-order valence-electron chi connectivity index (χ1n) is 6.22. The molecule has 5 heteroatoms. The Morgan fingerprint density at radius 3 is 2.83 bits per heavy atom. The molecule has 98 valence electrons. The van der Waals surface area contributed by atoms with Crippen LogP contribution in [0.1, 0.15) is 32.5 Å². The van der Waals surface area contributed by atoms with Gasteiger partial charge in [-0.3, -0.25) is 0 Å². The fourth-order valence-corrected chi connectivity index (χ4v) is 2.86. The van der Waals surface area contributed by atoms with Crippen molar-refractivity contribution in [2.75, 3.05) is 6.61 Å². The number of hydrogen-bond acceptors (Lipinski definition) is 4. The van der Waals surface area contributed by atoms with Gasteiger partial charge in [0.2, 0.25) is 0 Å². The van der Waals surface area contributed by atoms with Crippen molar-refractivity contribution >= 4 is 33.2 Å². The van der Waals surface area contributed by atoms with Crippen LogP contribution < -0.4 is 0 Å². The fraction of sp³-hybridized carbons (Fsp3) is 0.538. The zero-order valence-corrected chi connectivity index (χ0v) is 12.2. The Kier molecular flexibility index (Phi) is 4.92. The molecule has 0 amide bonds. The third-order valence-electron chi connectivity index (χ3n) is 3.06. The quantitative estimate of drug-likeness (QED) is 0.742. The van der Waals surface area contributed by atoms with Gasteiger partial charge >= 0.3 is 0 Å². The van der Waals surface area contributed by atoms with Crippen LogP contribution in [-0.4, -0.2) is 16.6 Å². The molecular weight excluding hydrogens is 268 g/mol. The highest BCUT2D eigenvalue weighted by Gasteiger charge is 2.08. The summed E-state index contributed by atoms with van der Waals surface area (Å²) in [6, 6.07) is 1.94. The number of rotatable bonds is 6. The molecule has 0 bridgehead atoms. The molecule has 2 aromatic heterocycles. The standard InChI is InChI=1S/C13H17ClN2OS/c1-3-9(4-2)7-17-8-11-15-12(14)10-5-6-18-13(10)16-11/h5-6,9H,3-4,7-8H2,1-2H3. The Labute approximate surface area is 116 Å². The molecule has 0 saturated heterocycles. The van der Waals surface area contributed by atoms with Gasteiger partial charge in [-0.15, -0.1) is 11.3 Å². The van der Waals surface area contributed by atoms with Gasteiger partial charge < -0.3 is 4.74 Å². The molecule has 0 spiro atoms. The summed E-state index contributed by atoms with van der Waals surface area (Å²) in [4.78, 5) is 9.63. The largest absolute Gasteiger partial charge is 0.373 e. The van der Waals surface area contributed by atoms with E-state index >= 15 is 0 Å². The molecule has 0 N–H and O–H groups in total. The van der Waals surface area contributed by atoms with E-state index in [-0.39, 0.29) is 0 Å². The Balaban J connectivity index is 1.99. The Morgan fingerprint density at radius 1 is 1.33 bits per heavy atom. The van der Waals surface area contributed by atoms with Gasteiger partial charge in [0.15, 0.2) is 5.82 Å². The third-order valence-corrected chi connectivity index (χ3v) is 4.16. The predicted molar refractivity (Wildman–Crippen MR) is 76.2 cm³/mol. The average molecular weight is 285 g/mol. The summed E-state index contributed by atoms with van der Waals surface area (Å²) in [5, 5.41) is 3.41. The molecule has 0 aromatic carbocycles. The van der Waals surface area contributed by atoms with Crippen LogP contribution in [0.25, 0.3) is 10.2 Å². The molecule has 0 aliphatic heterocycles. The van der Waals surface area contributed by atoms with E-state index in [9.17, 15) is 0 Å². The molecule has 0 aliphatic carbocycles. The van der Waals surface area contributed by atoms with E-state index in [2.05, 4.69) is 23.8 Å². The molecule has 2 aromatic rings. The number of aromatic nitrogens is 2. The number of hydrogen-bond donors (Lipinski definition) is 0. The van der Waals surface area contributed by atoms with E-state index in [0.717, 1.165) is 29.7 Å². The van der Waals surface area contributed by atoms with Gasteiger partial charge in [0, 0.05) is 12.0 Å². The van der Waals surface area contributed by atoms with E-state index < -0.39 is 0 Å². The SMILES string of the molecule is CCC(CC)COCc1nc(Cl)c2ccsc2n1. The molecule has 0 aliphatic rings. The zero-order valence-electron chi connectivity index (χ0n) is 10.6. The van der Waals surface area contributed by atoms with Gasteiger partial charge in [-0.1, -0.05) is 38.3 Å². The molecule has 0 saturated carbocycles. The first-order chi connectivity index (χ1) is 8.74. The number of ether oxygens (including phenoxy) is 1. The van der Waals surface area contributed by atoms with Crippen molar-refractivity contribution in [3.8, 4) is 0 Å². The molecule has 3 nitrogen and oxygen atoms in total. The van der Waals surface area contributed by atoms with Crippen LogP contribution in [0, 0.1) is 5.92 Å². The summed E-state index contributed by atoms with van der Waals surface area (Å²) in [6.45, 7) is 5.56. The van der Waals surface area contributed by atoms with Crippen LogP contribution in [-0.2, 0) is 11.3 Å².